The number of benzene rings is 1. The Morgan fingerprint density at radius 3 is 3.13 bits per heavy atom. The fourth-order valence-corrected chi connectivity index (χ4v) is 2.67. The van der Waals surface area contributed by atoms with E-state index in [0.29, 0.717) is 0 Å². The van der Waals surface area contributed by atoms with Gasteiger partial charge in [0.25, 0.3) is 0 Å². The molecule has 1 aromatic heterocycles. The average molecular weight is 200 g/mol. The van der Waals surface area contributed by atoms with Crippen molar-refractivity contribution in [3.05, 3.63) is 35.0 Å². The summed E-state index contributed by atoms with van der Waals surface area (Å²) in [6, 6.07) is 4.65. The van der Waals surface area contributed by atoms with Gasteiger partial charge in [0, 0.05) is 23.1 Å². The lowest BCUT2D eigenvalue weighted by Gasteiger charge is -2.20. The smallest absolute Gasteiger partial charge is 0.0492 e. The topological polar surface area (TPSA) is 41.8 Å². The fraction of sp³-hybridized carbons (Fsp3) is 0.385. The minimum Gasteiger partial charge on any atom is -0.361 e. The molecule has 3 rings (SSSR count). The standard InChI is InChI=1S/C13H16N2/c1-2-8-3-5-10-11(14)6-4-9-7-15-13(8)12(9)10/h3,5,7,11,15H,2,4,6,14H2,1H3. The number of H-pyrrole nitrogens is 1. The van der Waals surface area contributed by atoms with Crippen LogP contribution in [0.4, 0.5) is 0 Å². The molecule has 78 valence electrons. The van der Waals surface area contributed by atoms with Crippen LogP contribution in [0.1, 0.15) is 36.1 Å². The van der Waals surface area contributed by atoms with Gasteiger partial charge in [-0.1, -0.05) is 19.1 Å². The first-order valence-electron chi connectivity index (χ1n) is 5.68. The lowest BCUT2D eigenvalue weighted by molar-refractivity contribution is 0.643. The first-order valence-corrected chi connectivity index (χ1v) is 5.68. The molecule has 1 aliphatic rings. The highest BCUT2D eigenvalue weighted by molar-refractivity contribution is 5.90. The molecule has 15 heavy (non-hydrogen) atoms. The van der Waals surface area contributed by atoms with Crippen molar-refractivity contribution in [2.45, 2.75) is 32.2 Å². The quantitative estimate of drug-likeness (QED) is 0.730. The van der Waals surface area contributed by atoms with Crippen LogP contribution in [-0.4, -0.2) is 4.98 Å². The predicted molar refractivity (Wildman–Crippen MR) is 62.9 cm³/mol. The van der Waals surface area contributed by atoms with Crippen molar-refractivity contribution in [2.24, 2.45) is 5.73 Å². The van der Waals surface area contributed by atoms with Crippen molar-refractivity contribution in [3.63, 3.8) is 0 Å². The minimum atomic E-state index is 0.224. The second-order valence-corrected chi connectivity index (χ2v) is 4.38. The van der Waals surface area contributed by atoms with Crippen LogP contribution in [0, 0.1) is 0 Å². The number of hydrogen-bond donors (Lipinski definition) is 2. The fourth-order valence-electron chi connectivity index (χ4n) is 2.67. The van der Waals surface area contributed by atoms with Gasteiger partial charge in [-0.2, -0.15) is 0 Å². The van der Waals surface area contributed by atoms with E-state index in [4.69, 9.17) is 5.73 Å². The Balaban J connectivity index is 2.39. The molecule has 2 aromatic rings. The highest BCUT2D eigenvalue weighted by Gasteiger charge is 2.20. The molecule has 1 atom stereocenters. The van der Waals surface area contributed by atoms with Crippen LogP contribution in [0.3, 0.4) is 0 Å². The van der Waals surface area contributed by atoms with Crippen molar-refractivity contribution < 1.29 is 0 Å². The Morgan fingerprint density at radius 2 is 2.33 bits per heavy atom. The molecule has 0 bridgehead atoms. The van der Waals surface area contributed by atoms with Gasteiger partial charge in [-0.05, 0) is 36.0 Å². The number of aryl methyl sites for hydroxylation is 2. The summed E-state index contributed by atoms with van der Waals surface area (Å²) >= 11 is 0. The summed E-state index contributed by atoms with van der Waals surface area (Å²) in [7, 11) is 0. The summed E-state index contributed by atoms with van der Waals surface area (Å²) < 4.78 is 0. The molecule has 2 heteroatoms. The van der Waals surface area contributed by atoms with Crippen molar-refractivity contribution >= 4 is 10.9 Å². The SMILES string of the molecule is CCc1ccc2c3c(c[nH]c13)CCC2N. The van der Waals surface area contributed by atoms with Gasteiger partial charge in [0.15, 0.2) is 0 Å². The number of nitrogens with two attached hydrogens (primary N) is 1. The third kappa shape index (κ3) is 1.15. The molecule has 1 aliphatic carbocycles. The van der Waals surface area contributed by atoms with Gasteiger partial charge in [-0.25, -0.2) is 0 Å². The molecule has 1 aromatic carbocycles. The third-order valence-electron chi connectivity index (χ3n) is 3.54. The average Bonchev–Trinajstić information content (AvgIpc) is 2.69. The number of hydrogen-bond acceptors (Lipinski definition) is 1. The molecule has 0 saturated heterocycles. The lowest BCUT2D eigenvalue weighted by atomic mass is 9.88. The van der Waals surface area contributed by atoms with Crippen LogP contribution < -0.4 is 5.73 Å². The van der Waals surface area contributed by atoms with Crippen molar-refractivity contribution in [1.82, 2.24) is 4.98 Å². The second kappa shape index (κ2) is 3.11. The molecule has 0 aliphatic heterocycles. The van der Waals surface area contributed by atoms with Crippen LogP contribution >= 0.6 is 0 Å². The predicted octanol–water partition coefficient (Wildman–Crippen LogP) is 2.68. The van der Waals surface area contributed by atoms with E-state index in [9.17, 15) is 0 Å². The van der Waals surface area contributed by atoms with Gasteiger partial charge < -0.3 is 10.7 Å². The zero-order chi connectivity index (χ0) is 10.4. The monoisotopic (exact) mass is 200 g/mol. The molecule has 0 radical (unpaired) electrons. The zero-order valence-electron chi connectivity index (χ0n) is 9.01. The maximum atomic E-state index is 6.14. The Labute approximate surface area is 89.5 Å². The second-order valence-electron chi connectivity index (χ2n) is 4.38. The first-order chi connectivity index (χ1) is 7.31. The number of aromatic amines is 1. The van der Waals surface area contributed by atoms with Gasteiger partial charge in [0.05, 0.1) is 0 Å². The molecule has 0 spiro atoms. The summed E-state index contributed by atoms with van der Waals surface area (Å²) in [4.78, 5) is 3.40. The Morgan fingerprint density at radius 1 is 1.47 bits per heavy atom. The van der Waals surface area contributed by atoms with E-state index in [2.05, 4.69) is 30.2 Å². The van der Waals surface area contributed by atoms with Crippen molar-refractivity contribution in [1.29, 1.82) is 0 Å². The van der Waals surface area contributed by atoms with Gasteiger partial charge >= 0.3 is 0 Å². The van der Waals surface area contributed by atoms with Crippen LogP contribution in [0.5, 0.6) is 0 Å². The minimum absolute atomic E-state index is 0.224. The molecule has 1 unspecified atom stereocenters. The Kier molecular flexibility index (Phi) is 1.86. The van der Waals surface area contributed by atoms with Crippen LogP contribution in [0.2, 0.25) is 0 Å². The molecule has 2 nitrogen and oxygen atoms in total. The van der Waals surface area contributed by atoms with Crippen LogP contribution in [-0.2, 0) is 12.8 Å². The maximum absolute atomic E-state index is 6.14. The summed E-state index contributed by atoms with van der Waals surface area (Å²) in [5.74, 6) is 0. The van der Waals surface area contributed by atoms with E-state index < -0.39 is 0 Å². The van der Waals surface area contributed by atoms with E-state index in [-0.39, 0.29) is 6.04 Å². The Bertz CT molecular complexity index is 510. The third-order valence-corrected chi connectivity index (χ3v) is 3.54. The van der Waals surface area contributed by atoms with E-state index in [0.717, 1.165) is 19.3 Å². The van der Waals surface area contributed by atoms with Crippen LogP contribution in [0.15, 0.2) is 18.3 Å². The van der Waals surface area contributed by atoms with Gasteiger partial charge in [-0.3, -0.25) is 0 Å². The highest BCUT2D eigenvalue weighted by Crippen LogP contribution is 2.35. The highest BCUT2D eigenvalue weighted by atomic mass is 14.7. The Hall–Kier alpha value is -1.28. The zero-order valence-corrected chi connectivity index (χ0v) is 9.01. The summed E-state index contributed by atoms with van der Waals surface area (Å²) in [5.41, 5.74) is 11.6. The van der Waals surface area contributed by atoms with Gasteiger partial charge in [0.2, 0.25) is 0 Å². The first kappa shape index (κ1) is 8.98. The van der Waals surface area contributed by atoms with E-state index >= 15 is 0 Å². The molecule has 0 saturated carbocycles. The largest absolute Gasteiger partial charge is 0.361 e. The molecular weight excluding hydrogens is 184 g/mol. The number of rotatable bonds is 1. The molecule has 1 heterocycles. The summed E-state index contributed by atoms with van der Waals surface area (Å²) in [5, 5.41) is 1.40. The van der Waals surface area contributed by atoms with E-state index in [1.165, 1.54) is 27.6 Å². The maximum Gasteiger partial charge on any atom is 0.0492 e. The van der Waals surface area contributed by atoms with Crippen molar-refractivity contribution in [3.8, 4) is 0 Å². The molecular formula is C13H16N2. The molecule has 0 amide bonds. The van der Waals surface area contributed by atoms with Crippen LogP contribution in [0.25, 0.3) is 10.9 Å². The number of nitrogens with one attached hydrogen (secondary N) is 1. The lowest BCUT2D eigenvalue weighted by Crippen LogP contribution is -2.15. The summed E-state index contributed by atoms with van der Waals surface area (Å²) in [6.45, 7) is 2.20. The molecule has 0 fully saturated rings. The van der Waals surface area contributed by atoms with E-state index in [1.807, 2.05) is 0 Å². The van der Waals surface area contributed by atoms with Crippen molar-refractivity contribution in [2.75, 3.05) is 0 Å². The van der Waals surface area contributed by atoms with Gasteiger partial charge in [-0.15, -0.1) is 0 Å². The number of aromatic nitrogens is 1. The molecule has 3 N–H and O–H groups in total. The van der Waals surface area contributed by atoms with Gasteiger partial charge in [0.1, 0.15) is 0 Å². The normalized spacial score (nSPS) is 19.7. The summed E-state index contributed by atoms with van der Waals surface area (Å²) in [6.07, 6.45) is 5.41. The van der Waals surface area contributed by atoms with E-state index in [1.54, 1.807) is 0 Å².